The second kappa shape index (κ2) is 8.15. The van der Waals surface area contributed by atoms with Crippen LogP contribution < -0.4 is 0 Å². The first kappa shape index (κ1) is 22.7. The Morgan fingerprint density at radius 3 is 2.48 bits per heavy atom. The number of aliphatic carboxylic acids is 1. The molecule has 0 spiro atoms. The van der Waals surface area contributed by atoms with Gasteiger partial charge in [-0.2, -0.15) is 0 Å². The fourth-order valence-corrected chi connectivity index (χ4v) is 4.23. The highest BCUT2D eigenvalue weighted by molar-refractivity contribution is 6.00. The molecule has 6 nitrogen and oxygen atoms in total. The van der Waals surface area contributed by atoms with E-state index in [0.717, 1.165) is 24.3 Å². The largest absolute Gasteiger partial charge is 0.507 e. The van der Waals surface area contributed by atoms with Gasteiger partial charge in [0.2, 0.25) is 0 Å². The summed E-state index contributed by atoms with van der Waals surface area (Å²) in [7, 11) is 0. The van der Waals surface area contributed by atoms with Gasteiger partial charge in [0.25, 0.3) is 0 Å². The highest BCUT2D eigenvalue weighted by atomic mass is 19.2. The first-order chi connectivity index (χ1) is 15.5. The molecule has 2 heterocycles. The highest BCUT2D eigenvalue weighted by Crippen LogP contribution is 2.46. The standard InChI is InChI=1S/C24H22F3NO5/c1-24(2,11-29)22-20(12-3-6-19(23(31)32)33-10-12)21-17(7-13(25)8-18(21)30)28(22)14-4-5-15(26)16(27)9-14/h4-5,7-10,19,29-30H,3,6,11H2,1-2H3,(H,31,32)/t19-/m0/s1. The summed E-state index contributed by atoms with van der Waals surface area (Å²) in [5, 5.41) is 30.4. The van der Waals surface area contributed by atoms with Crippen LogP contribution in [-0.2, 0) is 14.9 Å². The van der Waals surface area contributed by atoms with Crippen molar-refractivity contribution in [3.8, 4) is 11.4 Å². The number of aliphatic hydroxyl groups excluding tert-OH is 1. The fourth-order valence-electron chi connectivity index (χ4n) is 4.23. The minimum atomic E-state index is -1.12. The number of aromatic nitrogens is 1. The van der Waals surface area contributed by atoms with Gasteiger partial charge in [0.05, 0.1) is 18.4 Å². The van der Waals surface area contributed by atoms with Crippen LogP contribution in [0.4, 0.5) is 13.2 Å². The molecule has 0 fully saturated rings. The number of nitrogens with zero attached hydrogens (tertiary/aromatic N) is 1. The van der Waals surface area contributed by atoms with E-state index in [1.165, 1.54) is 16.9 Å². The Balaban J connectivity index is 2.12. The molecule has 1 atom stereocenters. The lowest BCUT2D eigenvalue weighted by molar-refractivity contribution is -0.147. The van der Waals surface area contributed by atoms with Crippen molar-refractivity contribution in [2.75, 3.05) is 6.61 Å². The number of ether oxygens (including phenoxy) is 1. The van der Waals surface area contributed by atoms with Gasteiger partial charge in [0, 0.05) is 39.9 Å². The maximum absolute atomic E-state index is 14.4. The monoisotopic (exact) mass is 461 g/mol. The summed E-state index contributed by atoms with van der Waals surface area (Å²) in [5.74, 6) is -4.43. The number of benzene rings is 2. The summed E-state index contributed by atoms with van der Waals surface area (Å²) in [6, 6.07) is 5.28. The van der Waals surface area contributed by atoms with Gasteiger partial charge in [-0.15, -0.1) is 0 Å². The topological polar surface area (TPSA) is 91.9 Å². The molecule has 9 heteroatoms. The molecule has 0 amide bonds. The van der Waals surface area contributed by atoms with Crippen LogP contribution in [0, 0.1) is 17.5 Å². The molecule has 0 aliphatic carbocycles. The fraction of sp³-hybridized carbons (Fsp3) is 0.292. The smallest absolute Gasteiger partial charge is 0.344 e. The number of hydrogen-bond acceptors (Lipinski definition) is 4. The maximum atomic E-state index is 14.4. The molecule has 0 saturated carbocycles. The minimum absolute atomic E-state index is 0.153. The van der Waals surface area contributed by atoms with Gasteiger partial charge < -0.3 is 24.6 Å². The molecule has 1 aliphatic heterocycles. The average Bonchev–Trinajstić information content (AvgIpc) is 3.12. The third-order valence-corrected chi connectivity index (χ3v) is 5.86. The van der Waals surface area contributed by atoms with Crippen LogP contribution in [0.3, 0.4) is 0 Å². The van der Waals surface area contributed by atoms with E-state index >= 15 is 0 Å². The number of phenolic OH excluding ortho intramolecular Hbond substituents is 1. The van der Waals surface area contributed by atoms with Crippen molar-refractivity contribution in [3.63, 3.8) is 0 Å². The zero-order valence-electron chi connectivity index (χ0n) is 17.9. The van der Waals surface area contributed by atoms with E-state index < -0.39 is 40.7 Å². The lowest BCUT2D eigenvalue weighted by Crippen LogP contribution is -2.28. The van der Waals surface area contributed by atoms with Crippen LogP contribution in [0.25, 0.3) is 22.2 Å². The van der Waals surface area contributed by atoms with Crippen molar-refractivity contribution in [1.29, 1.82) is 0 Å². The van der Waals surface area contributed by atoms with Crippen molar-refractivity contribution < 1.29 is 38.0 Å². The van der Waals surface area contributed by atoms with Crippen molar-refractivity contribution >= 4 is 22.4 Å². The van der Waals surface area contributed by atoms with Crippen LogP contribution >= 0.6 is 0 Å². The molecular weight excluding hydrogens is 439 g/mol. The molecule has 1 aliphatic rings. The molecule has 4 rings (SSSR count). The van der Waals surface area contributed by atoms with Crippen LogP contribution in [0.5, 0.6) is 5.75 Å². The Labute approximate surface area is 187 Å². The molecule has 33 heavy (non-hydrogen) atoms. The van der Waals surface area contributed by atoms with Crippen molar-refractivity contribution in [2.45, 2.75) is 38.2 Å². The van der Waals surface area contributed by atoms with Gasteiger partial charge >= 0.3 is 5.97 Å². The van der Waals surface area contributed by atoms with Gasteiger partial charge in [-0.25, -0.2) is 18.0 Å². The number of hydrogen-bond donors (Lipinski definition) is 3. The zero-order chi connectivity index (χ0) is 24.1. The molecule has 0 radical (unpaired) electrons. The second-order valence-corrected chi connectivity index (χ2v) is 8.66. The molecule has 1 aromatic heterocycles. The van der Waals surface area contributed by atoms with E-state index in [9.17, 15) is 33.3 Å². The molecule has 2 aromatic carbocycles. The normalized spacial score (nSPS) is 16.5. The lowest BCUT2D eigenvalue weighted by Gasteiger charge is -2.28. The number of allylic oxidation sites excluding steroid dienone is 1. The average molecular weight is 461 g/mol. The predicted molar refractivity (Wildman–Crippen MR) is 115 cm³/mol. The predicted octanol–water partition coefficient (Wildman–Crippen LogP) is 4.63. The highest BCUT2D eigenvalue weighted by Gasteiger charge is 2.35. The molecule has 174 valence electrons. The Bertz CT molecular complexity index is 1300. The number of carboxylic acid groups (broad SMARTS) is 1. The number of fused-ring (bicyclic) bond motifs is 1. The third-order valence-electron chi connectivity index (χ3n) is 5.86. The van der Waals surface area contributed by atoms with Gasteiger partial charge in [-0.3, -0.25) is 0 Å². The number of rotatable bonds is 5. The third kappa shape index (κ3) is 3.82. The maximum Gasteiger partial charge on any atom is 0.344 e. The van der Waals surface area contributed by atoms with Crippen molar-refractivity contribution in [2.24, 2.45) is 0 Å². The molecule has 3 aromatic rings. The quantitative estimate of drug-likeness (QED) is 0.516. The van der Waals surface area contributed by atoms with E-state index in [2.05, 4.69) is 0 Å². The number of halogens is 3. The van der Waals surface area contributed by atoms with E-state index in [0.29, 0.717) is 16.8 Å². The number of aromatic hydroxyl groups is 1. The SMILES string of the molecule is CC(C)(CO)c1c(C2=CO[C@H](C(=O)O)CC2)c2c(O)cc(F)cc2n1-c1ccc(F)c(F)c1. The minimum Gasteiger partial charge on any atom is -0.507 e. The number of aliphatic hydroxyl groups is 1. The Morgan fingerprint density at radius 1 is 1.18 bits per heavy atom. The van der Waals surface area contributed by atoms with Crippen molar-refractivity contribution in [3.05, 3.63) is 65.3 Å². The van der Waals surface area contributed by atoms with Crippen molar-refractivity contribution in [1.82, 2.24) is 4.57 Å². The number of carbonyl (C=O) groups is 1. The summed E-state index contributed by atoms with van der Waals surface area (Å²) in [6.45, 7) is 3.05. The summed E-state index contributed by atoms with van der Waals surface area (Å²) in [4.78, 5) is 11.3. The molecular formula is C24H22F3NO5. The van der Waals surface area contributed by atoms with Gasteiger partial charge in [-0.05, 0) is 36.6 Å². The lowest BCUT2D eigenvalue weighted by atomic mass is 9.83. The van der Waals surface area contributed by atoms with Crippen LogP contribution in [0.2, 0.25) is 0 Å². The first-order valence-corrected chi connectivity index (χ1v) is 10.3. The van der Waals surface area contributed by atoms with Gasteiger partial charge in [-0.1, -0.05) is 13.8 Å². The summed E-state index contributed by atoms with van der Waals surface area (Å²) in [5.41, 5.74) is 0.675. The number of carboxylic acids is 1. The Morgan fingerprint density at radius 2 is 1.91 bits per heavy atom. The molecule has 0 bridgehead atoms. The molecule has 0 unspecified atom stereocenters. The first-order valence-electron chi connectivity index (χ1n) is 10.3. The van der Waals surface area contributed by atoms with Crippen LogP contribution in [0.1, 0.15) is 37.9 Å². The zero-order valence-corrected chi connectivity index (χ0v) is 17.9. The van der Waals surface area contributed by atoms with Gasteiger partial charge in [0.15, 0.2) is 17.7 Å². The van der Waals surface area contributed by atoms with Crippen LogP contribution in [0.15, 0.2) is 36.6 Å². The Hall–Kier alpha value is -3.46. The molecule has 0 saturated heterocycles. The molecule has 3 N–H and O–H groups in total. The van der Waals surface area contributed by atoms with Gasteiger partial charge in [0.1, 0.15) is 11.6 Å². The van der Waals surface area contributed by atoms with Crippen LogP contribution in [-0.4, -0.2) is 38.6 Å². The van der Waals surface area contributed by atoms with E-state index in [1.807, 2.05) is 0 Å². The van der Waals surface area contributed by atoms with E-state index in [-0.39, 0.29) is 36.0 Å². The summed E-state index contributed by atoms with van der Waals surface area (Å²) >= 11 is 0. The Kier molecular flexibility index (Phi) is 5.61. The van der Waals surface area contributed by atoms with E-state index in [4.69, 9.17) is 4.74 Å². The second-order valence-electron chi connectivity index (χ2n) is 8.66. The van der Waals surface area contributed by atoms with E-state index in [1.54, 1.807) is 13.8 Å². The summed E-state index contributed by atoms with van der Waals surface area (Å²) < 4.78 is 49.0. The number of phenols is 1. The summed E-state index contributed by atoms with van der Waals surface area (Å²) in [6.07, 6.45) is 0.666.